The van der Waals surface area contributed by atoms with E-state index < -0.39 is 0 Å². The second kappa shape index (κ2) is 6.79. The molecule has 5 rings (SSSR count). The Hall–Kier alpha value is -3.13. The molecule has 0 amide bonds. The van der Waals surface area contributed by atoms with Crippen LogP contribution in [0.5, 0.6) is 0 Å². The number of H-pyrrole nitrogens is 1. The van der Waals surface area contributed by atoms with Gasteiger partial charge in [-0.25, -0.2) is 14.8 Å². The van der Waals surface area contributed by atoms with Crippen LogP contribution in [0.15, 0.2) is 58.5 Å². The maximum atomic E-state index is 12.2. The van der Waals surface area contributed by atoms with E-state index in [-0.39, 0.29) is 5.69 Å². The Morgan fingerprint density at radius 1 is 1.07 bits per heavy atom. The molecule has 0 atom stereocenters. The molecule has 8 heteroatoms. The van der Waals surface area contributed by atoms with Gasteiger partial charge in [0.25, 0.3) is 0 Å². The zero-order valence-corrected chi connectivity index (χ0v) is 16.1. The van der Waals surface area contributed by atoms with Crippen molar-refractivity contribution in [1.82, 2.24) is 29.1 Å². The molecule has 0 spiro atoms. The van der Waals surface area contributed by atoms with Gasteiger partial charge in [0, 0.05) is 17.7 Å². The van der Waals surface area contributed by atoms with Gasteiger partial charge in [-0.1, -0.05) is 36.0 Å². The van der Waals surface area contributed by atoms with Crippen molar-refractivity contribution in [2.45, 2.75) is 25.0 Å². The Balaban J connectivity index is 1.38. The van der Waals surface area contributed by atoms with Crippen LogP contribution in [0.4, 0.5) is 0 Å². The number of aromatic amines is 1. The number of imidazole rings is 1. The van der Waals surface area contributed by atoms with Crippen LogP contribution >= 0.6 is 11.8 Å². The van der Waals surface area contributed by atoms with Crippen LogP contribution in [0.2, 0.25) is 0 Å². The van der Waals surface area contributed by atoms with Crippen molar-refractivity contribution in [2.24, 2.45) is 0 Å². The zero-order valence-electron chi connectivity index (χ0n) is 15.3. The molecule has 0 bridgehead atoms. The van der Waals surface area contributed by atoms with Crippen LogP contribution in [0.3, 0.4) is 0 Å². The van der Waals surface area contributed by atoms with Gasteiger partial charge in [0.05, 0.1) is 16.6 Å². The summed E-state index contributed by atoms with van der Waals surface area (Å²) >= 11 is 1.63. The highest BCUT2D eigenvalue weighted by atomic mass is 32.2. The first kappa shape index (κ1) is 17.0. The number of hydrogen-bond donors (Lipinski definition) is 1. The van der Waals surface area contributed by atoms with Crippen LogP contribution in [0, 0.1) is 6.92 Å². The first-order chi connectivity index (χ1) is 13.7. The third kappa shape index (κ3) is 2.86. The summed E-state index contributed by atoms with van der Waals surface area (Å²) in [6.45, 7) is 2.54. The summed E-state index contributed by atoms with van der Waals surface area (Å²) < 4.78 is 3.61. The van der Waals surface area contributed by atoms with Gasteiger partial charge in [-0.05, 0) is 37.6 Å². The fourth-order valence-corrected chi connectivity index (χ4v) is 4.31. The number of benzene rings is 2. The molecule has 7 nitrogen and oxygen atoms in total. The van der Waals surface area contributed by atoms with Gasteiger partial charge >= 0.3 is 5.69 Å². The molecule has 3 heterocycles. The summed E-state index contributed by atoms with van der Waals surface area (Å²) in [5, 5.41) is 6.33. The Morgan fingerprint density at radius 3 is 2.82 bits per heavy atom. The highest BCUT2D eigenvalue weighted by molar-refractivity contribution is 7.99. The Kier molecular flexibility index (Phi) is 4.12. The number of fused-ring (bicyclic) bond motifs is 4. The largest absolute Gasteiger partial charge is 0.326 e. The highest BCUT2D eigenvalue weighted by Gasteiger charge is 2.12. The van der Waals surface area contributed by atoms with E-state index in [0.717, 1.165) is 50.7 Å². The minimum Gasteiger partial charge on any atom is -0.306 e. The third-order valence-corrected chi connectivity index (χ3v) is 5.71. The maximum Gasteiger partial charge on any atom is 0.326 e. The predicted octanol–water partition coefficient (Wildman–Crippen LogP) is 3.41. The second-order valence-electron chi connectivity index (χ2n) is 6.61. The quantitative estimate of drug-likeness (QED) is 0.283. The maximum absolute atomic E-state index is 12.2. The molecule has 0 radical (unpaired) electrons. The smallest absolute Gasteiger partial charge is 0.306 e. The summed E-state index contributed by atoms with van der Waals surface area (Å²) in [7, 11) is 0. The number of hydrogen-bond acceptors (Lipinski definition) is 5. The van der Waals surface area contributed by atoms with Crippen molar-refractivity contribution in [3.05, 3.63) is 64.8 Å². The van der Waals surface area contributed by atoms with E-state index in [0.29, 0.717) is 6.54 Å². The van der Waals surface area contributed by atoms with Crippen molar-refractivity contribution in [1.29, 1.82) is 0 Å². The molecule has 0 aliphatic carbocycles. The molecule has 0 aliphatic heterocycles. The van der Waals surface area contributed by atoms with Gasteiger partial charge in [0.15, 0.2) is 10.8 Å². The number of rotatable bonds is 5. The molecule has 5 aromatic rings. The average molecular weight is 390 g/mol. The number of nitrogens with zero attached hydrogens (tertiary/aromatic N) is 5. The van der Waals surface area contributed by atoms with Crippen LogP contribution < -0.4 is 5.69 Å². The lowest BCUT2D eigenvalue weighted by atomic mass is 10.2. The van der Waals surface area contributed by atoms with Crippen molar-refractivity contribution in [3.8, 4) is 0 Å². The van der Waals surface area contributed by atoms with Gasteiger partial charge in [-0.3, -0.25) is 4.57 Å². The molecule has 140 valence electrons. The number of thioether (sulfide) groups is 1. The molecule has 1 N–H and O–H groups in total. The normalized spacial score (nSPS) is 11.8. The second-order valence-corrected chi connectivity index (χ2v) is 7.67. The number of aryl methyl sites for hydroxylation is 2. The number of nitrogens with one attached hydrogen (secondary N) is 1. The lowest BCUT2D eigenvalue weighted by Crippen LogP contribution is -2.17. The van der Waals surface area contributed by atoms with Crippen molar-refractivity contribution in [2.75, 3.05) is 5.75 Å². The summed E-state index contributed by atoms with van der Waals surface area (Å²) in [4.78, 5) is 24.4. The van der Waals surface area contributed by atoms with Gasteiger partial charge < -0.3 is 4.98 Å². The molecule has 0 aliphatic rings. The molecular formula is C20H18N6OS. The predicted molar refractivity (Wildman–Crippen MR) is 111 cm³/mol. The lowest BCUT2D eigenvalue weighted by molar-refractivity contribution is 0.678. The van der Waals surface area contributed by atoms with Gasteiger partial charge in [0.1, 0.15) is 5.82 Å². The summed E-state index contributed by atoms with van der Waals surface area (Å²) in [6, 6.07) is 15.7. The van der Waals surface area contributed by atoms with E-state index in [1.54, 1.807) is 16.3 Å². The molecular weight excluding hydrogens is 372 g/mol. The monoisotopic (exact) mass is 390 g/mol. The Morgan fingerprint density at radius 2 is 1.89 bits per heavy atom. The van der Waals surface area contributed by atoms with Gasteiger partial charge in [-0.15, -0.1) is 5.10 Å². The van der Waals surface area contributed by atoms with Crippen LogP contribution in [0.1, 0.15) is 12.2 Å². The summed E-state index contributed by atoms with van der Waals surface area (Å²) in [5.41, 5.74) is 3.49. The van der Waals surface area contributed by atoms with Crippen LogP contribution in [-0.2, 0) is 6.54 Å². The SMILES string of the molecule is Cc1nc2c3ccccc3nc(SCCCn3c(=O)[nH]c4ccccc43)n2n1. The van der Waals surface area contributed by atoms with Crippen LogP contribution in [-0.4, -0.2) is 34.9 Å². The first-order valence-corrected chi connectivity index (χ1v) is 10.1. The van der Waals surface area contributed by atoms with E-state index in [4.69, 9.17) is 4.98 Å². The van der Waals surface area contributed by atoms with E-state index >= 15 is 0 Å². The van der Waals surface area contributed by atoms with Crippen molar-refractivity contribution in [3.63, 3.8) is 0 Å². The molecule has 0 fully saturated rings. The highest BCUT2D eigenvalue weighted by Crippen LogP contribution is 2.24. The van der Waals surface area contributed by atoms with E-state index in [1.165, 1.54) is 0 Å². The molecule has 0 unspecified atom stereocenters. The Labute approximate surface area is 164 Å². The standard InChI is InChI=1S/C20H18N6OS/c1-13-21-18-14-7-2-3-8-15(14)23-20(26(18)24-13)28-12-6-11-25-17-10-5-4-9-16(17)22-19(25)27/h2-5,7-10H,6,11-12H2,1H3,(H,22,27). The van der Waals surface area contributed by atoms with Gasteiger partial charge in [0.2, 0.25) is 0 Å². The lowest BCUT2D eigenvalue weighted by Gasteiger charge is -2.07. The van der Waals surface area contributed by atoms with Gasteiger partial charge in [-0.2, -0.15) is 4.52 Å². The third-order valence-electron chi connectivity index (χ3n) is 4.69. The molecule has 0 saturated heterocycles. The first-order valence-electron chi connectivity index (χ1n) is 9.13. The summed E-state index contributed by atoms with van der Waals surface area (Å²) in [5.74, 6) is 1.55. The number of para-hydroxylation sites is 3. The molecule has 2 aromatic carbocycles. The molecule has 0 saturated carbocycles. The fourth-order valence-electron chi connectivity index (χ4n) is 3.44. The summed E-state index contributed by atoms with van der Waals surface area (Å²) in [6.07, 6.45) is 0.843. The van der Waals surface area contributed by atoms with E-state index in [1.807, 2.05) is 60.0 Å². The topological polar surface area (TPSA) is 80.9 Å². The van der Waals surface area contributed by atoms with Crippen molar-refractivity contribution < 1.29 is 0 Å². The van der Waals surface area contributed by atoms with E-state index in [2.05, 4.69) is 15.1 Å². The minimum atomic E-state index is -0.0654. The fraction of sp³-hybridized carbons (Fsp3) is 0.200. The Bertz CT molecular complexity index is 1370. The number of aromatic nitrogens is 6. The van der Waals surface area contributed by atoms with Crippen LogP contribution in [0.25, 0.3) is 27.6 Å². The zero-order chi connectivity index (χ0) is 19.1. The minimum absolute atomic E-state index is 0.0654. The average Bonchev–Trinajstić information content (AvgIpc) is 3.24. The van der Waals surface area contributed by atoms with Crippen molar-refractivity contribution >= 4 is 39.3 Å². The molecule has 28 heavy (non-hydrogen) atoms. The van der Waals surface area contributed by atoms with E-state index in [9.17, 15) is 4.79 Å². The molecule has 3 aromatic heterocycles.